The van der Waals surface area contributed by atoms with E-state index in [2.05, 4.69) is 9.51 Å². The molecule has 0 spiro atoms. The Kier molecular flexibility index (Phi) is 8.65. The van der Waals surface area contributed by atoms with Crippen molar-refractivity contribution >= 4 is 30.7 Å². The summed E-state index contributed by atoms with van der Waals surface area (Å²) in [6.07, 6.45) is 3.34. The number of hydrogen-bond acceptors (Lipinski definition) is 5. The largest absolute Gasteiger partial charge is 0.471 e. The summed E-state index contributed by atoms with van der Waals surface area (Å²) < 4.78 is 46.5. The highest BCUT2D eigenvalue weighted by atomic mass is 31.2. The lowest BCUT2D eigenvalue weighted by atomic mass is 10.2. The molecule has 0 atom stereocenters. The molecule has 1 aromatic carbocycles. The molecule has 0 aliphatic rings. The number of fused-ring (bicyclic) bond motifs is 1. The molecule has 0 radical (unpaired) electrons. The average Bonchev–Trinajstić information content (AvgIpc) is 3.08. The molecule has 0 aliphatic heterocycles. The van der Waals surface area contributed by atoms with E-state index >= 15 is 0 Å². The lowest BCUT2D eigenvalue weighted by Crippen LogP contribution is -2.35. The first-order valence-electron chi connectivity index (χ1n) is 9.93. The summed E-state index contributed by atoms with van der Waals surface area (Å²) in [5.74, 6) is -2.69. The molecule has 2 N–H and O–H groups in total. The number of anilines is 1. The van der Waals surface area contributed by atoms with Crippen LogP contribution in [0.3, 0.4) is 0 Å². The molecule has 9 nitrogen and oxygen atoms in total. The molecule has 0 fully saturated rings. The zero-order chi connectivity index (χ0) is 23.2. The number of aryl methyl sites for hydroxylation is 1. The van der Waals surface area contributed by atoms with Crippen molar-refractivity contribution in [1.29, 1.82) is 5.26 Å². The number of benzene rings is 1. The lowest BCUT2D eigenvalue weighted by Gasteiger charge is -2.23. The molecule has 31 heavy (non-hydrogen) atoms. The van der Waals surface area contributed by atoms with Crippen LogP contribution in [0.2, 0.25) is 0 Å². The Morgan fingerprint density at radius 1 is 1.29 bits per heavy atom. The number of nitriles is 1. The molecule has 0 saturated carbocycles. The van der Waals surface area contributed by atoms with Crippen molar-refractivity contribution in [2.75, 3.05) is 11.6 Å². The first-order chi connectivity index (χ1) is 14.6. The minimum Gasteiger partial charge on any atom is -0.307 e. The molecular formula is C19H25F2N4O5P. The van der Waals surface area contributed by atoms with E-state index in [9.17, 15) is 18.1 Å². The summed E-state index contributed by atoms with van der Waals surface area (Å²) in [6.45, 7) is 3.11. The second kappa shape index (κ2) is 10.8. The monoisotopic (exact) mass is 458 g/mol. The van der Waals surface area contributed by atoms with Gasteiger partial charge in [-0.2, -0.15) is 5.26 Å². The Balaban J connectivity index is 2.65. The molecule has 0 unspecified atom stereocenters. The van der Waals surface area contributed by atoms with E-state index in [-0.39, 0.29) is 29.9 Å². The average molecular weight is 458 g/mol. The maximum atomic E-state index is 14.9. The summed E-state index contributed by atoms with van der Waals surface area (Å²) in [6, 6.07) is 2.31. The molecule has 2 rings (SSSR count). The first-order valence-corrected chi connectivity index (χ1v) is 11.5. The SMILES string of the molecule is CCCCCC(=O)N(COP(=O)(O)O)c1nc2c(F)cc(C#N)c(F)c2n1CCCC. The van der Waals surface area contributed by atoms with Crippen LogP contribution in [0.1, 0.15) is 57.9 Å². The zero-order valence-electron chi connectivity index (χ0n) is 17.3. The molecule has 1 heterocycles. The Morgan fingerprint density at radius 3 is 2.55 bits per heavy atom. The van der Waals surface area contributed by atoms with Crippen molar-refractivity contribution in [1.82, 2.24) is 9.55 Å². The smallest absolute Gasteiger partial charge is 0.307 e. The summed E-state index contributed by atoms with van der Waals surface area (Å²) in [7, 11) is -4.94. The van der Waals surface area contributed by atoms with E-state index in [1.807, 2.05) is 13.8 Å². The highest BCUT2D eigenvalue weighted by Gasteiger charge is 2.29. The van der Waals surface area contributed by atoms with Crippen LogP contribution in [0.15, 0.2) is 6.07 Å². The van der Waals surface area contributed by atoms with Crippen molar-refractivity contribution in [3.63, 3.8) is 0 Å². The minimum absolute atomic E-state index is 0.0315. The number of halogens is 2. The van der Waals surface area contributed by atoms with E-state index in [0.717, 1.165) is 23.8 Å². The van der Waals surface area contributed by atoms with Gasteiger partial charge in [0.2, 0.25) is 11.9 Å². The molecule has 12 heteroatoms. The predicted octanol–water partition coefficient (Wildman–Crippen LogP) is 3.97. The van der Waals surface area contributed by atoms with Gasteiger partial charge >= 0.3 is 7.82 Å². The number of imidazole rings is 1. The number of amides is 1. The highest BCUT2D eigenvalue weighted by Crippen LogP contribution is 2.37. The number of carbonyl (C=O) groups excluding carboxylic acids is 1. The molecule has 1 aromatic heterocycles. The van der Waals surface area contributed by atoms with Crippen LogP contribution in [0.4, 0.5) is 14.7 Å². The fourth-order valence-electron chi connectivity index (χ4n) is 3.07. The number of phosphoric ester groups is 1. The molecule has 0 bridgehead atoms. The number of carbonyl (C=O) groups is 1. The minimum atomic E-state index is -4.94. The van der Waals surface area contributed by atoms with Crippen LogP contribution in [0.5, 0.6) is 0 Å². The first kappa shape index (κ1) is 24.9. The number of aromatic nitrogens is 2. The van der Waals surface area contributed by atoms with E-state index in [1.165, 1.54) is 4.57 Å². The Labute approximate surface area is 178 Å². The summed E-state index contributed by atoms with van der Waals surface area (Å²) in [4.78, 5) is 35.9. The zero-order valence-corrected chi connectivity index (χ0v) is 18.2. The van der Waals surface area contributed by atoms with E-state index in [0.29, 0.717) is 19.3 Å². The van der Waals surface area contributed by atoms with Crippen LogP contribution < -0.4 is 4.90 Å². The highest BCUT2D eigenvalue weighted by molar-refractivity contribution is 7.46. The van der Waals surface area contributed by atoms with Gasteiger partial charge in [0.05, 0.1) is 5.56 Å². The number of hydrogen-bond donors (Lipinski definition) is 2. The fraction of sp³-hybridized carbons (Fsp3) is 0.526. The van der Waals surface area contributed by atoms with E-state index in [1.54, 1.807) is 6.07 Å². The van der Waals surface area contributed by atoms with Crippen molar-refractivity contribution in [3.8, 4) is 6.07 Å². The number of unbranched alkanes of at least 4 members (excludes halogenated alkanes) is 3. The normalized spacial score (nSPS) is 11.6. The fourth-order valence-corrected chi connectivity index (χ4v) is 3.33. The lowest BCUT2D eigenvalue weighted by molar-refractivity contribution is -0.119. The van der Waals surface area contributed by atoms with Gasteiger partial charge in [-0.05, 0) is 18.9 Å². The summed E-state index contributed by atoms with van der Waals surface area (Å²) >= 11 is 0. The molecule has 170 valence electrons. The quantitative estimate of drug-likeness (QED) is 0.296. The van der Waals surface area contributed by atoms with E-state index < -0.39 is 37.7 Å². The third kappa shape index (κ3) is 6.08. The summed E-state index contributed by atoms with van der Waals surface area (Å²) in [5, 5.41) is 9.11. The Hall–Kier alpha value is -2.38. The molecule has 2 aromatic rings. The Morgan fingerprint density at radius 2 is 1.97 bits per heavy atom. The molecule has 0 aliphatic carbocycles. The maximum absolute atomic E-state index is 14.9. The van der Waals surface area contributed by atoms with Crippen molar-refractivity contribution in [2.45, 2.75) is 58.9 Å². The second-order valence-corrected chi connectivity index (χ2v) is 8.21. The Bertz CT molecular complexity index is 1030. The molecule has 0 saturated heterocycles. The van der Waals surface area contributed by atoms with Crippen LogP contribution in [0, 0.1) is 23.0 Å². The van der Waals surface area contributed by atoms with Gasteiger partial charge in [0.15, 0.2) is 11.6 Å². The van der Waals surface area contributed by atoms with Crippen molar-refractivity contribution < 1.29 is 32.5 Å². The van der Waals surface area contributed by atoms with Crippen LogP contribution in [-0.2, 0) is 20.4 Å². The van der Waals surface area contributed by atoms with E-state index in [4.69, 9.17) is 15.0 Å². The van der Waals surface area contributed by atoms with Gasteiger partial charge in [-0.1, -0.05) is 33.1 Å². The molecular weight excluding hydrogens is 433 g/mol. The van der Waals surface area contributed by atoms with Crippen LogP contribution in [0.25, 0.3) is 11.0 Å². The molecule has 1 amide bonds. The van der Waals surface area contributed by atoms with Gasteiger partial charge in [-0.15, -0.1) is 0 Å². The van der Waals surface area contributed by atoms with Gasteiger partial charge < -0.3 is 14.4 Å². The van der Waals surface area contributed by atoms with Crippen LogP contribution in [-0.4, -0.2) is 32.0 Å². The predicted molar refractivity (Wildman–Crippen MR) is 109 cm³/mol. The summed E-state index contributed by atoms with van der Waals surface area (Å²) in [5.41, 5.74) is -1.19. The number of phosphoric acid groups is 1. The standard InChI is InChI=1S/C19H25F2N4O5P/c1-3-5-7-8-15(26)25(12-30-31(27,28)29)19-23-17-14(20)10-13(11-22)16(21)18(17)24(19)9-6-4-2/h10H,3-9,12H2,1-2H3,(H2,27,28,29). The second-order valence-electron chi connectivity index (χ2n) is 6.97. The van der Waals surface area contributed by atoms with Gasteiger partial charge in [0.25, 0.3) is 0 Å². The third-order valence-electron chi connectivity index (χ3n) is 4.64. The van der Waals surface area contributed by atoms with Crippen LogP contribution >= 0.6 is 7.82 Å². The van der Waals surface area contributed by atoms with Crippen molar-refractivity contribution in [3.05, 3.63) is 23.3 Å². The number of rotatable bonds is 11. The van der Waals surface area contributed by atoms with Gasteiger partial charge in [-0.25, -0.2) is 18.3 Å². The third-order valence-corrected chi connectivity index (χ3v) is 5.09. The van der Waals surface area contributed by atoms with Gasteiger partial charge in [0, 0.05) is 13.0 Å². The topological polar surface area (TPSA) is 129 Å². The van der Waals surface area contributed by atoms with Gasteiger partial charge in [-0.3, -0.25) is 14.2 Å². The number of nitrogens with zero attached hydrogens (tertiary/aromatic N) is 4. The van der Waals surface area contributed by atoms with Gasteiger partial charge in [0.1, 0.15) is 23.8 Å². The maximum Gasteiger partial charge on any atom is 0.471 e. The van der Waals surface area contributed by atoms with Crippen molar-refractivity contribution in [2.24, 2.45) is 0 Å².